The van der Waals surface area contributed by atoms with Crippen LogP contribution in [0.3, 0.4) is 0 Å². The zero-order valence-corrected chi connectivity index (χ0v) is 13.5. The molecule has 1 saturated heterocycles. The number of likely N-dealkylation sites (N-methyl/N-ethyl adjacent to an activating group) is 1. The summed E-state index contributed by atoms with van der Waals surface area (Å²) in [4.78, 5) is 2.27. The van der Waals surface area contributed by atoms with Gasteiger partial charge in [0.25, 0.3) is 0 Å². The summed E-state index contributed by atoms with van der Waals surface area (Å²) in [7, 11) is 0.357. The normalized spacial score (nSPS) is 19.9. The van der Waals surface area contributed by atoms with Gasteiger partial charge in [-0.15, -0.1) is 0 Å². The molecule has 1 aliphatic heterocycles. The first kappa shape index (κ1) is 16.0. The highest BCUT2D eigenvalue weighted by molar-refractivity contribution is 7.89. The van der Waals surface area contributed by atoms with E-state index in [-0.39, 0.29) is 10.9 Å². The molecule has 1 aliphatic rings. The Morgan fingerprint density at radius 3 is 2.76 bits per heavy atom. The number of aryl methyl sites for hydroxylation is 1. The minimum Gasteiger partial charge on any atom is -0.308 e. The predicted octanol–water partition coefficient (Wildman–Crippen LogP) is 1.58. The molecule has 5 nitrogen and oxygen atoms in total. The average molecular weight is 307 g/mol. The number of hydrogen-bond acceptors (Lipinski definition) is 4. The Hall–Kier alpha value is -1.42. The number of benzene rings is 1. The van der Waals surface area contributed by atoms with E-state index in [0.29, 0.717) is 17.7 Å². The molecule has 1 fully saturated rings. The van der Waals surface area contributed by atoms with Gasteiger partial charge in [-0.25, -0.2) is 8.42 Å². The van der Waals surface area contributed by atoms with E-state index in [1.165, 1.54) is 6.07 Å². The zero-order chi connectivity index (χ0) is 15.6. The fraction of sp³-hybridized carbons (Fsp3) is 0.533. The van der Waals surface area contributed by atoms with Crippen LogP contribution in [-0.2, 0) is 10.0 Å². The van der Waals surface area contributed by atoms with Gasteiger partial charge >= 0.3 is 0 Å². The molecule has 0 saturated carbocycles. The maximum atomic E-state index is 12.9. The first-order chi connectivity index (χ1) is 9.86. The van der Waals surface area contributed by atoms with Crippen molar-refractivity contribution in [2.75, 3.05) is 27.2 Å². The highest BCUT2D eigenvalue weighted by Crippen LogP contribution is 2.28. The van der Waals surface area contributed by atoms with Crippen LogP contribution in [0, 0.1) is 18.3 Å². The van der Waals surface area contributed by atoms with E-state index in [1.807, 2.05) is 25.1 Å². The molecular weight excluding hydrogens is 286 g/mol. The van der Waals surface area contributed by atoms with E-state index in [4.69, 9.17) is 5.26 Å². The number of rotatable bonds is 4. The van der Waals surface area contributed by atoms with Crippen molar-refractivity contribution in [2.24, 2.45) is 0 Å². The van der Waals surface area contributed by atoms with Gasteiger partial charge in [-0.1, -0.05) is 6.07 Å². The zero-order valence-electron chi connectivity index (χ0n) is 12.7. The van der Waals surface area contributed by atoms with Crippen LogP contribution in [0.15, 0.2) is 23.1 Å². The first-order valence-electron chi connectivity index (χ1n) is 7.03. The van der Waals surface area contributed by atoms with Crippen molar-refractivity contribution < 1.29 is 8.42 Å². The second kappa shape index (κ2) is 6.14. The van der Waals surface area contributed by atoms with Crippen LogP contribution < -0.4 is 0 Å². The highest BCUT2D eigenvalue weighted by atomic mass is 32.2. The second-order valence-corrected chi connectivity index (χ2v) is 7.63. The third kappa shape index (κ3) is 3.26. The standard InChI is InChI=1S/C15H21N3O2S/c1-12-6-7-13(10-16)9-15(12)21(19,20)18-8-4-5-14(18)11-17(2)3/h6-7,9,14H,4-5,8,11H2,1-3H3. The summed E-state index contributed by atoms with van der Waals surface area (Å²) >= 11 is 0. The molecule has 1 unspecified atom stereocenters. The first-order valence-corrected chi connectivity index (χ1v) is 8.47. The Morgan fingerprint density at radius 1 is 1.43 bits per heavy atom. The van der Waals surface area contributed by atoms with Crippen LogP contribution in [0.4, 0.5) is 0 Å². The fourth-order valence-corrected chi connectivity index (χ4v) is 4.74. The smallest absolute Gasteiger partial charge is 0.243 e. The van der Waals surface area contributed by atoms with E-state index >= 15 is 0 Å². The lowest BCUT2D eigenvalue weighted by molar-refractivity contribution is 0.291. The van der Waals surface area contributed by atoms with Crippen molar-refractivity contribution in [3.8, 4) is 6.07 Å². The van der Waals surface area contributed by atoms with Gasteiger partial charge in [-0.3, -0.25) is 0 Å². The van der Waals surface area contributed by atoms with Crippen LogP contribution in [0.25, 0.3) is 0 Å². The molecule has 0 bridgehead atoms. The van der Waals surface area contributed by atoms with Gasteiger partial charge in [0.05, 0.1) is 16.5 Å². The molecular formula is C15H21N3O2S. The van der Waals surface area contributed by atoms with E-state index in [9.17, 15) is 8.42 Å². The largest absolute Gasteiger partial charge is 0.308 e. The summed E-state index contributed by atoms with van der Waals surface area (Å²) in [6.45, 7) is 3.04. The van der Waals surface area contributed by atoms with Gasteiger partial charge in [0.15, 0.2) is 0 Å². The average Bonchev–Trinajstić information content (AvgIpc) is 2.87. The molecule has 0 spiro atoms. The minimum atomic E-state index is -3.54. The summed E-state index contributed by atoms with van der Waals surface area (Å²) in [5.74, 6) is 0. The van der Waals surface area contributed by atoms with E-state index in [2.05, 4.69) is 0 Å². The third-order valence-corrected chi connectivity index (χ3v) is 5.90. The Morgan fingerprint density at radius 2 is 2.14 bits per heavy atom. The van der Waals surface area contributed by atoms with Crippen molar-refractivity contribution in [3.63, 3.8) is 0 Å². The number of hydrogen-bond donors (Lipinski definition) is 0. The van der Waals surface area contributed by atoms with Gasteiger partial charge in [0, 0.05) is 19.1 Å². The molecule has 114 valence electrons. The molecule has 2 rings (SSSR count). The Kier molecular flexibility index (Phi) is 4.67. The predicted molar refractivity (Wildman–Crippen MR) is 81.4 cm³/mol. The third-order valence-electron chi connectivity index (χ3n) is 3.80. The van der Waals surface area contributed by atoms with E-state index in [0.717, 1.165) is 19.4 Å². The van der Waals surface area contributed by atoms with E-state index in [1.54, 1.807) is 23.4 Å². The van der Waals surface area contributed by atoms with Crippen molar-refractivity contribution in [2.45, 2.75) is 30.7 Å². The highest BCUT2D eigenvalue weighted by Gasteiger charge is 2.36. The molecule has 21 heavy (non-hydrogen) atoms. The molecule has 6 heteroatoms. The Bertz CT molecular complexity index is 662. The van der Waals surface area contributed by atoms with Crippen LogP contribution in [-0.4, -0.2) is 50.8 Å². The van der Waals surface area contributed by atoms with Crippen LogP contribution in [0.2, 0.25) is 0 Å². The second-order valence-electron chi connectivity index (χ2n) is 5.77. The van der Waals surface area contributed by atoms with Crippen molar-refractivity contribution in [3.05, 3.63) is 29.3 Å². The van der Waals surface area contributed by atoms with Gasteiger partial charge in [-0.2, -0.15) is 9.57 Å². The van der Waals surface area contributed by atoms with Crippen LogP contribution in [0.1, 0.15) is 24.0 Å². The topological polar surface area (TPSA) is 64.4 Å². The SMILES string of the molecule is Cc1ccc(C#N)cc1S(=O)(=O)N1CCCC1CN(C)C. The van der Waals surface area contributed by atoms with Gasteiger partial charge in [0.2, 0.25) is 10.0 Å². The van der Waals surface area contributed by atoms with Crippen molar-refractivity contribution in [1.82, 2.24) is 9.21 Å². The van der Waals surface area contributed by atoms with Crippen LogP contribution in [0.5, 0.6) is 0 Å². The molecule has 1 heterocycles. The Balaban J connectivity index is 2.40. The number of nitriles is 1. The van der Waals surface area contributed by atoms with Crippen molar-refractivity contribution in [1.29, 1.82) is 5.26 Å². The summed E-state index contributed by atoms with van der Waals surface area (Å²) in [6, 6.07) is 6.85. The molecule has 0 N–H and O–H groups in total. The lowest BCUT2D eigenvalue weighted by Crippen LogP contribution is -2.41. The van der Waals surface area contributed by atoms with Gasteiger partial charge in [0.1, 0.15) is 0 Å². The summed E-state index contributed by atoms with van der Waals surface area (Å²) < 4.78 is 27.4. The maximum Gasteiger partial charge on any atom is 0.243 e. The lowest BCUT2D eigenvalue weighted by Gasteiger charge is -2.27. The molecule has 1 aromatic rings. The molecule has 1 aromatic carbocycles. The van der Waals surface area contributed by atoms with Gasteiger partial charge in [-0.05, 0) is 51.6 Å². The molecule has 0 radical (unpaired) electrons. The van der Waals surface area contributed by atoms with Crippen LogP contribution >= 0.6 is 0 Å². The summed E-state index contributed by atoms with van der Waals surface area (Å²) in [5.41, 5.74) is 1.06. The quantitative estimate of drug-likeness (QED) is 0.847. The lowest BCUT2D eigenvalue weighted by atomic mass is 10.2. The number of nitrogens with zero attached hydrogens (tertiary/aromatic N) is 3. The van der Waals surface area contributed by atoms with Gasteiger partial charge < -0.3 is 4.90 Å². The van der Waals surface area contributed by atoms with Crippen molar-refractivity contribution >= 4 is 10.0 Å². The molecule has 0 amide bonds. The van der Waals surface area contributed by atoms with E-state index < -0.39 is 10.0 Å². The molecule has 0 aliphatic carbocycles. The summed E-state index contributed by atoms with van der Waals surface area (Å²) in [6.07, 6.45) is 1.77. The number of sulfonamides is 1. The molecule has 1 atom stereocenters. The Labute approximate surface area is 126 Å². The fourth-order valence-electron chi connectivity index (χ4n) is 2.80. The summed E-state index contributed by atoms with van der Waals surface area (Å²) in [5, 5.41) is 8.99. The maximum absolute atomic E-state index is 12.9. The minimum absolute atomic E-state index is 0.00939. The monoisotopic (exact) mass is 307 g/mol. The molecule has 0 aromatic heterocycles.